The van der Waals surface area contributed by atoms with Gasteiger partial charge in [-0.3, -0.25) is 19.1 Å². The van der Waals surface area contributed by atoms with E-state index in [2.05, 4.69) is 179 Å². The topological polar surface area (TPSA) is 87.6 Å². The molecule has 0 unspecified atom stereocenters. The third-order valence-electron chi connectivity index (χ3n) is 12.7. The number of ether oxygens (including phenoxy) is 2. The van der Waals surface area contributed by atoms with Crippen LogP contribution in [0.2, 0.25) is 0 Å². The second-order valence-corrected chi connectivity index (χ2v) is 22.3. The number of hydrogen-bond acceptors (Lipinski definition) is 6. The van der Waals surface area contributed by atoms with Gasteiger partial charge in [-0.1, -0.05) is 144 Å². The number of hydrogen-bond donors (Lipinski definition) is 0. The number of aromatic nitrogens is 8. The average Bonchev–Trinajstić information content (AvgIpc) is 3.93. The van der Waals surface area contributed by atoms with Gasteiger partial charge in [-0.25, -0.2) is 0 Å². The van der Waals surface area contributed by atoms with Gasteiger partial charge in [0.25, 0.3) is 12.7 Å². The standard InChI is InChI=1S/C62H58N8O2.2Pt/c1-59(2,3)41-21-23-57(65-37-41)69-39-67(53-17-13-15-19-55(53)69)45-29-43(61(7,8)9)31-49(33-45)71-47-25-27-63-51(35-47)52-36-48(26-28-64-52)72-50-32-44(62(10,11)12)30-46(34-50)68-40-70(56-20-16-14-18-54(56)68)58-24-22-42(38-66-58)60(4,5)6;;/h13-32,37-38H,1-12H3;;/q-4;;. The molecule has 0 aliphatic rings. The Morgan fingerprint density at radius 3 is 1.14 bits per heavy atom. The summed E-state index contributed by atoms with van der Waals surface area (Å²) in [6.45, 7) is 26.2. The molecular formula is C62H58N8O2Pt2-4. The Kier molecular flexibility index (Phi) is 14.9. The predicted octanol–water partition coefficient (Wildman–Crippen LogP) is 12.9. The van der Waals surface area contributed by atoms with Crippen molar-refractivity contribution in [1.29, 1.82) is 0 Å². The minimum Gasteiger partial charge on any atom is -0.511 e. The molecule has 10 nitrogen and oxygen atoms in total. The van der Waals surface area contributed by atoms with E-state index in [1.165, 1.54) is 0 Å². The Hall–Kier alpha value is -6.60. The third kappa shape index (κ3) is 11.2. The van der Waals surface area contributed by atoms with Crippen LogP contribution < -0.4 is 18.6 Å². The van der Waals surface area contributed by atoms with Gasteiger partial charge in [0.1, 0.15) is 0 Å². The van der Waals surface area contributed by atoms with Gasteiger partial charge in [-0.2, -0.15) is 35.4 Å². The molecule has 6 heterocycles. The van der Waals surface area contributed by atoms with Crippen LogP contribution >= 0.6 is 0 Å². The van der Waals surface area contributed by atoms with Crippen LogP contribution in [0, 0.1) is 36.9 Å². The van der Waals surface area contributed by atoms with Crippen molar-refractivity contribution in [1.82, 2.24) is 29.1 Å². The number of fused-ring (bicyclic) bond motifs is 2. The number of para-hydroxylation sites is 4. The molecule has 10 aromatic rings. The average molecular weight is 1340 g/mol. The summed E-state index contributed by atoms with van der Waals surface area (Å²) in [5.41, 5.74) is 10.2. The molecule has 0 saturated carbocycles. The maximum atomic E-state index is 6.61. The third-order valence-corrected chi connectivity index (χ3v) is 12.7. The van der Waals surface area contributed by atoms with Crippen molar-refractivity contribution >= 4 is 22.1 Å². The summed E-state index contributed by atoms with van der Waals surface area (Å²) in [5, 5.41) is 0. The van der Waals surface area contributed by atoms with E-state index in [1.807, 2.05) is 79.2 Å². The number of rotatable bonds is 9. The Labute approximate surface area is 464 Å². The predicted molar refractivity (Wildman–Crippen MR) is 281 cm³/mol. The van der Waals surface area contributed by atoms with Crippen molar-refractivity contribution in [2.24, 2.45) is 0 Å². The van der Waals surface area contributed by atoms with Crippen molar-refractivity contribution in [3.8, 4) is 57.4 Å². The molecule has 0 bridgehead atoms. The van der Waals surface area contributed by atoms with Crippen molar-refractivity contribution in [2.75, 3.05) is 0 Å². The molecule has 6 aromatic heterocycles. The Bertz CT molecular complexity index is 3390. The Morgan fingerprint density at radius 1 is 0.405 bits per heavy atom. The smallest absolute Gasteiger partial charge is 0.269 e. The second kappa shape index (κ2) is 20.6. The summed E-state index contributed by atoms with van der Waals surface area (Å²) in [6, 6.07) is 50.4. The van der Waals surface area contributed by atoms with Crippen molar-refractivity contribution in [3.05, 3.63) is 193 Å². The first-order chi connectivity index (χ1) is 34.2. The summed E-state index contributed by atoms with van der Waals surface area (Å²) in [7, 11) is 0. The van der Waals surface area contributed by atoms with E-state index >= 15 is 0 Å². The van der Waals surface area contributed by atoms with Gasteiger partial charge in [0.2, 0.25) is 0 Å². The largest absolute Gasteiger partial charge is 0.511 e. The monoisotopic (exact) mass is 1340 g/mol. The maximum Gasteiger partial charge on any atom is 0.269 e. The first kappa shape index (κ1) is 53.7. The molecule has 0 saturated heterocycles. The number of benzene rings is 4. The van der Waals surface area contributed by atoms with Gasteiger partial charge >= 0.3 is 0 Å². The van der Waals surface area contributed by atoms with Crippen molar-refractivity contribution in [3.63, 3.8) is 0 Å². The zero-order chi connectivity index (χ0) is 50.7. The summed E-state index contributed by atoms with van der Waals surface area (Å²) in [6.07, 6.45) is 14.4. The van der Waals surface area contributed by atoms with Crippen LogP contribution in [0.5, 0.6) is 23.0 Å². The summed E-state index contributed by atoms with van der Waals surface area (Å²) >= 11 is 0. The van der Waals surface area contributed by atoms with Gasteiger partial charge < -0.3 is 28.6 Å². The molecule has 0 atom stereocenters. The van der Waals surface area contributed by atoms with Crippen LogP contribution in [0.3, 0.4) is 0 Å². The molecule has 0 N–H and O–H groups in total. The van der Waals surface area contributed by atoms with E-state index in [4.69, 9.17) is 19.4 Å². The van der Waals surface area contributed by atoms with E-state index < -0.39 is 0 Å². The van der Waals surface area contributed by atoms with Crippen LogP contribution in [-0.2, 0) is 63.8 Å². The van der Waals surface area contributed by atoms with Crippen LogP contribution in [0.15, 0.2) is 134 Å². The molecular weight excluding hydrogens is 1280 g/mol. The molecule has 12 heteroatoms. The number of imidazole rings is 2. The van der Waals surface area contributed by atoms with Gasteiger partial charge in [0.05, 0.1) is 22.1 Å². The Morgan fingerprint density at radius 2 is 0.784 bits per heavy atom. The fourth-order valence-corrected chi connectivity index (χ4v) is 8.35. The summed E-state index contributed by atoms with van der Waals surface area (Å²) in [4.78, 5) is 19.0. The first-order valence-electron chi connectivity index (χ1n) is 24.3. The first-order valence-corrected chi connectivity index (χ1v) is 24.3. The van der Waals surface area contributed by atoms with E-state index in [0.29, 0.717) is 34.4 Å². The van der Waals surface area contributed by atoms with Crippen molar-refractivity contribution < 1.29 is 60.7 Å². The zero-order valence-electron chi connectivity index (χ0n) is 43.7. The summed E-state index contributed by atoms with van der Waals surface area (Å²) in [5.74, 6) is 3.47. The maximum absolute atomic E-state index is 6.61. The van der Waals surface area contributed by atoms with E-state index in [0.717, 1.165) is 67.3 Å². The Balaban J connectivity index is 0.00000364. The molecule has 0 amide bonds. The second-order valence-electron chi connectivity index (χ2n) is 22.3. The van der Waals surface area contributed by atoms with Crippen LogP contribution in [0.4, 0.5) is 0 Å². The van der Waals surface area contributed by atoms with Crippen LogP contribution in [-0.4, -0.2) is 29.1 Å². The molecule has 0 spiro atoms. The van der Waals surface area contributed by atoms with E-state index in [-0.39, 0.29) is 63.8 Å². The van der Waals surface area contributed by atoms with E-state index in [9.17, 15) is 0 Å². The van der Waals surface area contributed by atoms with Crippen LogP contribution in [0.1, 0.15) is 105 Å². The number of pyridine rings is 4. The molecule has 0 aliphatic carbocycles. The molecule has 10 rings (SSSR count). The molecule has 0 aliphatic heterocycles. The molecule has 4 aromatic carbocycles. The fraction of sp³-hybridized carbons (Fsp3) is 0.258. The fourth-order valence-electron chi connectivity index (χ4n) is 8.35. The van der Waals surface area contributed by atoms with Gasteiger partial charge in [0.15, 0.2) is 11.6 Å². The van der Waals surface area contributed by atoms with Gasteiger partial charge in [-0.15, -0.1) is 47.8 Å². The minimum absolute atomic E-state index is 0. The quantitative estimate of drug-likeness (QED) is 0.106. The number of nitrogens with zero attached hydrogens (tertiary/aromatic N) is 8. The zero-order valence-corrected chi connectivity index (χ0v) is 48.3. The summed E-state index contributed by atoms with van der Waals surface area (Å²) < 4.78 is 21.2. The van der Waals surface area contributed by atoms with Gasteiger partial charge in [-0.05, 0) is 68.7 Å². The normalized spacial score (nSPS) is 12.1. The molecule has 0 radical (unpaired) electrons. The SMILES string of the molecule is CC(C)(C)c1ccc(-n2[c-][n+](-c3[c-]c(Oc4[c-]c(-c5[c-]c(Oc6[c-]c(-[n+]7[c-]n(-c8ccc(C(C)(C)C)cn8)c8ccccc87)cc(C(C)(C)C)c6)ccn5)ncc4)cc(C(C)(C)C)c3)c3ccccc32)nc1.[Pt].[Pt]. The van der Waals surface area contributed by atoms with E-state index in [1.54, 1.807) is 24.5 Å². The molecule has 382 valence electrons. The molecule has 0 fully saturated rings. The van der Waals surface area contributed by atoms with Crippen molar-refractivity contribution in [2.45, 2.75) is 105 Å². The molecule has 74 heavy (non-hydrogen) atoms. The van der Waals surface area contributed by atoms with Crippen LogP contribution in [0.25, 0.3) is 56.5 Å². The minimum atomic E-state index is -0.214. The van der Waals surface area contributed by atoms with Gasteiger partial charge in [0, 0.05) is 77.5 Å².